The summed E-state index contributed by atoms with van der Waals surface area (Å²) >= 11 is 0. The zero-order chi connectivity index (χ0) is 16.0. The lowest BCUT2D eigenvalue weighted by Gasteiger charge is -2.18. The quantitative estimate of drug-likeness (QED) is 0.846. The van der Waals surface area contributed by atoms with Crippen molar-refractivity contribution in [2.75, 3.05) is 0 Å². The molecule has 6 heteroatoms. The van der Waals surface area contributed by atoms with Crippen molar-refractivity contribution in [2.24, 2.45) is 5.73 Å². The van der Waals surface area contributed by atoms with Crippen molar-refractivity contribution in [2.45, 2.75) is 51.4 Å². The number of rotatable bonds is 6. The Morgan fingerprint density at radius 2 is 1.86 bits per heavy atom. The Hall–Kier alpha value is -1.56. The van der Waals surface area contributed by atoms with E-state index in [1.807, 2.05) is 6.92 Å². The zero-order valence-corrected chi connectivity index (χ0v) is 12.2. The SMILES string of the molecule is CCCC[C@H](N)C(=O)NC(C)c1ccc(C(F)(F)F)cc1. The number of carbonyl (C=O) groups is 1. The molecule has 0 fully saturated rings. The predicted molar refractivity (Wildman–Crippen MR) is 75.5 cm³/mol. The first-order chi connectivity index (χ1) is 9.75. The Kier molecular flexibility index (Phi) is 6.20. The summed E-state index contributed by atoms with van der Waals surface area (Å²) in [5, 5.41) is 2.72. The standard InChI is InChI=1S/C15H21F3N2O/c1-3-4-5-13(19)14(21)20-10(2)11-6-8-12(9-7-11)15(16,17)18/h6-10,13H,3-5,19H2,1-2H3,(H,20,21)/t10?,13-/m0/s1. The minimum Gasteiger partial charge on any atom is -0.348 e. The molecule has 0 radical (unpaired) electrons. The number of unbranched alkanes of at least 4 members (excludes halogenated alkanes) is 1. The minimum absolute atomic E-state index is 0.282. The summed E-state index contributed by atoms with van der Waals surface area (Å²) in [5.74, 6) is -0.282. The number of halogens is 3. The van der Waals surface area contributed by atoms with Crippen LogP contribution in [0, 0.1) is 0 Å². The van der Waals surface area contributed by atoms with Gasteiger partial charge in [0.15, 0.2) is 0 Å². The van der Waals surface area contributed by atoms with Crippen LogP contribution in [0.1, 0.15) is 50.3 Å². The largest absolute Gasteiger partial charge is 0.416 e. The van der Waals surface area contributed by atoms with Crippen LogP contribution in [-0.4, -0.2) is 11.9 Å². The van der Waals surface area contributed by atoms with Gasteiger partial charge in [0.2, 0.25) is 5.91 Å². The first kappa shape index (κ1) is 17.5. The molecule has 21 heavy (non-hydrogen) atoms. The highest BCUT2D eigenvalue weighted by atomic mass is 19.4. The second-order valence-corrected chi connectivity index (χ2v) is 5.10. The molecule has 1 aromatic carbocycles. The molecule has 1 aromatic rings. The minimum atomic E-state index is -4.35. The molecule has 0 spiro atoms. The Bertz CT molecular complexity index is 457. The van der Waals surface area contributed by atoms with E-state index in [1.54, 1.807) is 6.92 Å². The molecule has 3 nitrogen and oxygen atoms in total. The number of benzene rings is 1. The van der Waals surface area contributed by atoms with Gasteiger partial charge in [-0.05, 0) is 31.0 Å². The average Bonchev–Trinajstić information content (AvgIpc) is 2.43. The topological polar surface area (TPSA) is 55.1 Å². The molecule has 0 aliphatic carbocycles. The molecule has 0 heterocycles. The van der Waals surface area contributed by atoms with Gasteiger partial charge in [0.25, 0.3) is 0 Å². The van der Waals surface area contributed by atoms with Crippen LogP contribution in [0.5, 0.6) is 0 Å². The van der Waals surface area contributed by atoms with E-state index in [-0.39, 0.29) is 11.9 Å². The molecule has 0 saturated carbocycles. The molecule has 1 unspecified atom stereocenters. The first-order valence-corrected chi connectivity index (χ1v) is 6.98. The molecule has 118 valence electrons. The Morgan fingerprint density at radius 3 is 2.33 bits per heavy atom. The molecule has 0 aliphatic rings. The maximum Gasteiger partial charge on any atom is 0.416 e. The number of hydrogen-bond acceptors (Lipinski definition) is 2. The van der Waals surface area contributed by atoms with E-state index in [0.717, 1.165) is 25.0 Å². The summed E-state index contributed by atoms with van der Waals surface area (Å²) < 4.78 is 37.4. The van der Waals surface area contributed by atoms with E-state index in [4.69, 9.17) is 5.73 Å². The highest BCUT2D eigenvalue weighted by molar-refractivity contribution is 5.81. The van der Waals surface area contributed by atoms with Crippen molar-refractivity contribution >= 4 is 5.91 Å². The van der Waals surface area contributed by atoms with Crippen molar-refractivity contribution in [3.05, 3.63) is 35.4 Å². The van der Waals surface area contributed by atoms with Crippen LogP contribution in [0.2, 0.25) is 0 Å². The first-order valence-electron chi connectivity index (χ1n) is 6.98. The summed E-state index contributed by atoms with van der Waals surface area (Å²) in [5.41, 5.74) is 5.66. The molecule has 0 bridgehead atoms. The second kappa shape index (κ2) is 7.45. The molecule has 1 rings (SSSR count). The molecule has 0 saturated heterocycles. The van der Waals surface area contributed by atoms with Crippen LogP contribution in [0.25, 0.3) is 0 Å². The van der Waals surface area contributed by atoms with Gasteiger partial charge in [-0.2, -0.15) is 13.2 Å². The van der Waals surface area contributed by atoms with E-state index in [2.05, 4.69) is 5.32 Å². The van der Waals surface area contributed by atoms with Gasteiger partial charge in [-0.15, -0.1) is 0 Å². The number of amides is 1. The predicted octanol–water partition coefficient (Wildman–Crippen LogP) is 3.40. The summed E-state index contributed by atoms with van der Waals surface area (Å²) in [6.07, 6.45) is -1.94. The Labute approximate surface area is 122 Å². The van der Waals surface area contributed by atoms with Crippen LogP contribution in [0.4, 0.5) is 13.2 Å². The van der Waals surface area contributed by atoms with Gasteiger partial charge < -0.3 is 11.1 Å². The van der Waals surface area contributed by atoms with Crippen molar-refractivity contribution in [3.8, 4) is 0 Å². The van der Waals surface area contributed by atoms with E-state index in [1.165, 1.54) is 12.1 Å². The summed E-state index contributed by atoms with van der Waals surface area (Å²) in [6.45, 7) is 3.72. The molecule has 1 amide bonds. The fraction of sp³-hybridized carbons (Fsp3) is 0.533. The number of alkyl halides is 3. The van der Waals surface area contributed by atoms with Gasteiger partial charge in [0.1, 0.15) is 0 Å². The lowest BCUT2D eigenvalue weighted by atomic mass is 10.0. The van der Waals surface area contributed by atoms with Crippen LogP contribution >= 0.6 is 0 Å². The third kappa shape index (κ3) is 5.38. The van der Waals surface area contributed by atoms with E-state index in [9.17, 15) is 18.0 Å². The molecule has 0 aliphatic heterocycles. The highest BCUT2D eigenvalue weighted by Gasteiger charge is 2.30. The van der Waals surface area contributed by atoms with E-state index >= 15 is 0 Å². The number of nitrogens with one attached hydrogen (secondary N) is 1. The van der Waals surface area contributed by atoms with Crippen molar-refractivity contribution < 1.29 is 18.0 Å². The lowest BCUT2D eigenvalue weighted by Crippen LogP contribution is -2.41. The van der Waals surface area contributed by atoms with Crippen LogP contribution < -0.4 is 11.1 Å². The summed E-state index contributed by atoms with van der Waals surface area (Å²) in [7, 11) is 0. The maximum atomic E-state index is 12.5. The van der Waals surface area contributed by atoms with Crippen molar-refractivity contribution in [1.29, 1.82) is 0 Å². The van der Waals surface area contributed by atoms with E-state index in [0.29, 0.717) is 12.0 Å². The van der Waals surface area contributed by atoms with Gasteiger partial charge in [-0.25, -0.2) is 0 Å². The molecular formula is C15H21F3N2O. The molecule has 0 aromatic heterocycles. The van der Waals surface area contributed by atoms with Gasteiger partial charge >= 0.3 is 6.18 Å². The Balaban J connectivity index is 2.63. The highest BCUT2D eigenvalue weighted by Crippen LogP contribution is 2.29. The van der Waals surface area contributed by atoms with Crippen molar-refractivity contribution in [1.82, 2.24) is 5.32 Å². The summed E-state index contributed by atoms with van der Waals surface area (Å²) in [4.78, 5) is 11.8. The summed E-state index contributed by atoms with van der Waals surface area (Å²) in [6, 6.07) is 3.79. The van der Waals surface area contributed by atoms with Gasteiger partial charge in [-0.1, -0.05) is 31.9 Å². The molecule has 2 atom stereocenters. The lowest BCUT2D eigenvalue weighted by molar-refractivity contribution is -0.137. The van der Waals surface area contributed by atoms with Gasteiger partial charge in [-0.3, -0.25) is 4.79 Å². The van der Waals surface area contributed by atoms with Crippen LogP contribution in [-0.2, 0) is 11.0 Å². The average molecular weight is 302 g/mol. The molecule has 3 N–H and O–H groups in total. The van der Waals surface area contributed by atoms with Crippen LogP contribution in [0.15, 0.2) is 24.3 Å². The Morgan fingerprint density at radius 1 is 1.29 bits per heavy atom. The zero-order valence-electron chi connectivity index (χ0n) is 12.2. The fourth-order valence-electron chi connectivity index (χ4n) is 1.92. The van der Waals surface area contributed by atoms with E-state index < -0.39 is 17.8 Å². The van der Waals surface area contributed by atoms with Crippen LogP contribution in [0.3, 0.4) is 0 Å². The third-order valence-electron chi connectivity index (χ3n) is 3.30. The third-order valence-corrected chi connectivity index (χ3v) is 3.30. The number of hydrogen-bond donors (Lipinski definition) is 2. The normalized spacial score (nSPS) is 14.6. The second-order valence-electron chi connectivity index (χ2n) is 5.10. The maximum absolute atomic E-state index is 12.5. The van der Waals surface area contributed by atoms with Crippen molar-refractivity contribution in [3.63, 3.8) is 0 Å². The number of nitrogens with two attached hydrogens (primary N) is 1. The smallest absolute Gasteiger partial charge is 0.348 e. The monoisotopic (exact) mass is 302 g/mol. The van der Waals surface area contributed by atoms with Gasteiger partial charge in [0, 0.05) is 0 Å². The molecular weight excluding hydrogens is 281 g/mol. The van der Waals surface area contributed by atoms with Gasteiger partial charge in [0.05, 0.1) is 17.6 Å². The fourth-order valence-corrected chi connectivity index (χ4v) is 1.92. The number of carbonyl (C=O) groups excluding carboxylic acids is 1.